The van der Waals surface area contributed by atoms with Gasteiger partial charge in [-0.1, -0.05) is 6.08 Å². The summed E-state index contributed by atoms with van der Waals surface area (Å²) in [5, 5.41) is 0. The van der Waals surface area contributed by atoms with E-state index in [1.807, 2.05) is 6.08 Å². The highest BCUT2D eigenvalue weighted by atomic mass is 16.1. The third-order valence-electron chi connectivity index (χ3n) is 2.05. The number of carbonyl (C=O) groups excluding carboxylic acids is 1. The third kappa shape index (κ3) is 2.72. The quantitative estimate of drug-likeness (QED) is 0.556. The molecule has 3 nitrogen and oxygen atoms in total. The van der Waals surface area contributed by atoms with Gasteiger partial charge in [-0.05, 0) is 31.3 Å². The van der Waals surface area contributed by atoms with Crippen molar-refractivity contribution >= 4 is 5.91 Å². The number of carbonyl (C=O) groups is 1. The van der Waals surface area contributed by atoms with Crippen molar-refractivity contribution in [2.75, 3.05) is 0 Å². The highest BCUT2D eigenvalue weighted by Crippen LogP contribution is 2.24. The summed E-state index contributed by atoms with van der Waals surface area (Å²) >= 11 is 0. The minimum Gasteiger partial charge on any atom is -0.366 e. The standard InChI is InChI=1S/C8H14N2O/c9-7-3-1-6(5-7)2-4-8(10)11/h2,4,6-7H,1,3,5,9H2,(H2,10,11). The molecular weight excluding hydrogens is 140 g/mol. The lowest BCUT2D eigenvalue weighted by Crippen LogP contribution is -2.14. The van der Waals surface area contributed by atoms with E-state index in [1.54, 1.807) is 0 Å². The monoisotopic (exact) mass is 154 g/mol. The number of primary amides is 1. The van der Waals surface area contributed by atoms with Crippen molar-refractivity contribution in [2.45, 2.75) is 25.3 Å². The van der Waals surface area contributed by atoms with E-state index in [0.29, 0.717) is 12.0 Å². The van der Waals surface area contributed by atoms with Gasteiger partial charge < -0.3 is 11.5 Å². The fourth-order valence-electron chi connectivity index (χ4n) is 1.46. The fraction of sp³-hybridized carbons (Fsp3) is 0.625. The molecule has 62 valence electrons. The highest BCUT2D eigenvalue weighted by molar-refractivity contribution is 5.85. The van der Waals surface area contributed by atoms with Crippen molar-refractivity contribution in [3.05, 3.63) is 12.2 Å². The summed E-state index contributed by atoms with van der Waals surface area (Å²) in [5.74, 6) is 0.1000. The first-order chi connectivity index (χ1) is 5.18. The first kappa shape index (κ1) is 8.27. The van der Waals surface area contributed by atoms with Gasteiger partial charge in [-0.25, -0.2) is 0 Å². The van der Waals surface area contributed by atoms with E-state index in [-0.39, 0.29) is 5.91 Å². The number of hydrogen-bond donors (Lipinski definition) is 2. The summed E-state index contributed by atoms with van der Waals surface area (Å²) in [6, 6.07) is 0.317. The Hall–Kier alpha value is -0.830. The van der Waals surface area contributed by atoms with Crippen LogP contribution in [0.1, 0.15) is 19.3 Å². The summed E-state index contributed by atoms with van der Waals surface area (Å²) < 4.78 is 0. The zero-order valence-electron chi connectivity index (χ0n) is 6.49. The van der Waals surface area contributed by atoms with Gasteiger partial charge in [0.1, 0.15) is 0 Å². The molecule has 0 bridgehead atoms. The van der Waals surface area contributed by atoms with E-state index < -0.39 is 0 Å². The summed E-state index contributed by atoms with van der Waals surface area (Å²) in [4.78, 5) is 10.3. The van der Waals surface area contributed by atoms with Gasteiger partial charge in [0.15, 0.2) is 0 Å². The van der Waals surface area contributed by atoms with Crippen LogP contribution in [0, 0.1) is 5.92 Å². The normalized spacial score (nSPS) is 31.4. The second kappa shape index (κ2) is 3.53. The number of hydrogen-bond acceptors (Lipinski definition) is 2. The molecule has 1 amide bonds. The minimum atomic E-state index is -0.370. The van der Waals surface area contributed by atoms with Gasteiger partial charge in [0, 0.05) is 6.04 Å². The fourth-order valence-corrected chi connectivity index (χ4v) is 1.46. The lowest BCUT2D eigenvalue weighted by molar-refractivity contribution is -0.113. The summed E-state index contributed by atoms with van der Waals surface area (Å²) in [7, 11) is 0. The van der Waals surface area contributed by atoms with Crippen molar-refractivity contribution in [3.63, 3.8) is 0 Å². The highest BCUT2D eigenvalue weighted by Gasteiger charge is 2.18. The lowest BCUT2D eigenvalue weighted by atomic mass is 10.1. The molecule has 0 aromatic carbocycles. The van der Waals surface area contributed by atoms with Crippen LogP contribution in [0.4, 0.5) is 0 Å². The average Bonchev–Trinajstić information content (AvgIpc) is 2.31. The van der Waals surface area contributed by atoms with Gasteiger partial charge in [-0.2, -0.15) is 0 Å². The predicted octanol–water partition coefficient (Wildman–Crippen LogP) is 0.155. The van der Waals surface area contributed by atoms with Gasteiger partial charge in [0.05, 0.1) is 0 Å². The molecule has 1 aliphatic rings. The Bertz CT molecular complexity index is 177. The first-order valence-corrected chi connectivity index (χ1v) is 3.91. The van der Waals surface area contributed by atoms with E-state index in [0.717, 1.165) is 19.3 Å². The molecule has 1 aliphatic carbocycles. The number of allylic oxidation sites excluding steroid dienone is 1. The van der Waals surface area contributed by atoms with Crippen LogP contribution in [0.5, 0.6) is 0 Å². The zero-order chi connectivity index (χ0) is 8.27. The first-order valence-electron chi connectivity index (χ1n) is 3.91. The van der Waals surface area contributed by atoms with Crippen molar-refractivity contribution in [3.8, 4) is 0 Å². The van der Waals surface area contributed by atoms with Gasteiger partial charge in [0.2, 0.25) is 5.91 Å². The molecule has 0 saturated heterocycles. The molecule has 0 aliphatic heterocycles. The molecule has 4 N–H and O–H groups in total. The van der Waals surface area contributed by atoms with Crippen LogP contribution in [0.15, 0.2) is 12.2 Å². The molecule has 3 heteroatoms. The van der Waals surface area contributed by atoms with E-state index >= 15 is 0 Å². The van der Waals surface area contributed by atoms with Gasteiger partial charge in [0.25, 0.3) is 0 Å². The van der Waals surface area contributed by atoms with E-state index in [2.05, 4.69) is 0 Å². The molecule has 1 fully saturated rings. The maximum absolute atomic E-state index is 10.3. The average molecular weight is 154 g/mol. The minimum absolute atomic E-state index is 0.317. The molecule has 1 rings (SSSR count). The van der Waals surface area contributed by atoms with Gasteiger partial charge in [-0.15, -0.1) is 0 Å². The molecule has 2 unspecified atom stereocenters. The number of nitrogens with two attached hydrogens (primary N) is 2. The molecular formula is C8H14N2O. The topological polar surface area (TPSA) is 69.1 Å². The number of amides is 1. The third-order valence-corrected chi connectivity index (χ3v) is 2.05. The number of rotatable bonds is 2. The van der Waals surface area contributed by atoms with Crippen molar-refractivity contribution in [2.24, 2.45) is 17.4 Å². The van der Waals surface area contributed by atoms with E-state index in [1.165, 1.54) is 6.08 Å². The maximum atomic E-state index is 10.3. The maximum Gasteiger partial charge on any atom is 0.241 e. The van der Waals surface area contributed by atoms with Crippen molar-refractivity contribution in [1.82, 2.24) is 0 Å². The molecule has 11 heavy (non-hydrogen) atoms. The second-order valence-electron chi connectivity index (χ2n) is 3.09. The molecule has 1 saturated carbocycles. The van der Waals surface area contributed by atoms with E-state index in [9.17, 15) is 4.79 Å². The van der Waals surface area contributed by atoms with Gasteiger partial charge >= 0.3 is 0 Å². The van der Waals surface area contributed by atoms with E-state index in [4.69, 9.17) is 11.5 Å². The van der Waals surface area contributed by atoms with Crippen molar-refractivity contribution in [1.29, 1.82) is 0 Å². The van der Waals surface area contributed by atoms with Crippen LogP contribution in [-0.2, 0) is 4.79 Å². The second-order valence-corrected chi connectivity index (χ2v) is 3.09. The molecule has 0 spiro atoms. The van der Waals surface area contributed by atoms with Crippen LogP contribution in [0.25, 0.3) is 0 Å². The van der Waals surface area contributed by atoms with Crippen LogP contribution in [0.3, 0.4) is 0 Å². The Morgan fingerprint density at radius 2 is 2.18 bits per heavy atom. The molecule has 2 atom stereocenters. The van der Waals surface area contributed by atoms with Crippen LogP contribution in [-0.4, -0.2) is 11.9 Å². The Labute approximate surface area is 66.4 Å². The Kier molecular flexibility index (Phi) is 2.65. The van der Waals surface area contributed by atoms with Crippen molar-refractivity contribution < 1.29 is 4.79 Å². The Morgan fingerprint density at radius 1 is 1.45 bits per heavy atom. The molecule has 0 radical (unpaired) electrons. The summed E-state index contributed by atoms with van der Waals surface area (Å²) in [6.07, 6.45) is 6.44. The predicted molar refractivity (Wildman–Crippen MR) is 43.7 cm³/mol. The van der Waals surface area contributed by atoms with Crippen LogP contribution in [0.2, 0.25) is 0 Å². The van der Waals surface area contributed by atoms with Crippen LogP contribution >= 0.6 is 0 Å². The Morgan fingerprint density at radius 3 is 2.64 bits per heavy atom. The summed E-state index contributed by atoms with van der Waals surface area (Å²) in [6.45, 7) is 0. The SMILES string of the molecule is NC(=O)C=CC1CCC(N)C1. The van der Waals surface area contributed by atoms with Gasteiger partial charge in [-0.3, -0.25) is 4.79 Å². The Balaban J connectivity index is 2.33. The molecule has 0 aromatic rings. The molecule has 0 heterocycles. The smallest absolute Gasteiger partial charge is 0.241 e. The summed E-state index contributed by atoms with van der Waals surface area (Å²) in [5.41, 5.74) is 10.6. The molecule has 0 aromatic heterocycles. The largest absolute Gasteiger partial charge is 0.366 e. The van der Waals surface area contributed by atoms with Crippen LogP contribution < -0.4 is 11.5 Å². The zero-order valence-corrected chi connectivity index (χ0v) is 6.49. The lowest BCUT2D eigenvalue weighted by Gasteiger charge is -2.00.